The van der Waals surface area contributed by atoms with Crippen LogP contribution in [-0.4, -0.2) is 64.3 Å². The number of nitrogens with zero attached hydrogens (tertiary/aromatic N) is 4. The monoisotopic (exact) mass is 381 g/mol. The van der Waals surface area contributed by atoms with E-state index < -0.39 is 0 Å². The summed E-state index contributed by atoms with van der Waals surface area (Å²) in [4.78, 5) is 17.6. The molecule has 2 aliphatic heterocycles. The summed E-state index contributed by atoms with van der Waals surface area (Å²) < 4.78 is 1.89. The fourth-order valence-electron chi connectivity index (χ4n) is 4.53. The van der Waals surface area contributed by atoms with Gasteiger partial charge in [0.25, 0.3) is 0 Å². The minimum atomic E-state index is 0.0726. The second-order valence-electron chi connectivity index (χ2n) is 8.08. The molecule has 1 N–H and O–H groups in total. The van der Waals surface area contributed by atoms with Crippen LogP contribution in [0.15, 0.2) is 30.3 Å². The van der Waals surface area contributed by atoms with Gasteiger partial charge < -0.3 is 10.2 Å². The number of likely N-dealkylation sites (tertiary alicyclic amines) is 2. The zero-order chi connectivity index (χ0) is 19.5. The van der Waals surface area contributed by atoms with Crippen molar-refractivity contribution in [1.29, 1.82) is 0 Å². The molecule has 1 amide bonds. The van der Waals surface area contributed by atoms with Crippen LogP contribution in [0, 0.1) is 13.8 Å². The fourth-order valence-corrected chi connectivity index (χ4v) is 4.53. The number of hydrogen-bond acceptors (Lipinski definition) is 4. The molecule has 0 aliphatic carbocycles. The first-order valence-electron chi connectivity index (χ1n) is 10.5. The Hall–Kier alpha value is -2.18. The summed E-state index contributed by atoms with van der Waals surface area (Å²) in [5.41, 5.74) is 3.66. The Labute approximate surface area is 167 Å². The standard InChI is InChI=1S/C22H31N5O/c1-17-22(18(2)27(24-17)19-8-4-3-5-9-19)23-21(28)11-15-25-14-10-20(16-25)26-12-6-7-13-26/h3-5,8-9,20H,6-7,10-16H2,1-2H3,(H,23,28). The second-order valence-corrected chi connectivity index (χ2v) is 8.08. The van der Waals surface area contributed by atoms with Crippen molar-refractivity contribution in [3.05, 3.63) is 41.7 Å². The van der Waals surface area contributed by atoms with Gasteiger partial charge in [-0.2, -0.15) is 5.10 Å². The quantitative estimate of drug-likeness (QED) is 0.836. The van der Waals surface area contributed by atoms with Gasteiger partial charge in [-0.3, -0.25) is 9.69 Å². The van der Waals surface area contributed by atoms with Gasteiger partial charge in [-0.15, -0.1) is 0 Å². The van der Waals surface area contributed by atoms with Crippen molar-refractivity contribution >= 4 is 11.6 Å². The van der Waals surface area contributed by atoms with Gasteiger partial charge in [-0.25, -0.2) is 4.68 Å². The minimum Gasteiger partial charge on any atom is -0.323 e. The van der Waals surface area contributed by atoms with Gasteiger partial charge in [0.1, 0.15) is 0 Å². The van der Waals surface area contributed by atoms with Crippen LogP contribution in [0.3, 0.4) is 0 Å². The summed E-state index contributed by atoms with van der Waals surface area (Å²) in [5.74, 6) is 0.0726. The van der Waals surface area contributed by atoms with E-state index in [1.807, 2.05) is 48.9 Å². The predicted octanol–water partition coefficient (Wildman–Crippen LogP) is 2.99. The zero-order valence-electron chi connectivity index (χ0n) is 17.0. The van der Waals surface area contributed by atoms with Crippen LogP contribution >= 0.6 is 0 Å². The van der Waals surface area contributed by atoms with E-state index in [-0.39, 0.29) is 5.91 Å². The SMILES string of the molecule is Cc1nn(-c2ccccc2)c(C)c1NC(=O)CCN1CCC(N2CCCC2)C1. The third-order valence-electron chi connectivity index (χ3n) is 6.12. The van der Waals surface area contributed by atoms with Crippen LogP contribution in [0.1, 0.15) is 37.1 Å². The number of carbonyl (C=O) groups is 1. The summed E-state index contributed by atoms with van der Waals surface area (Å²) in [6.45, 7) is 9.51. The largest absolute Gasteiger partial charge is 0.323 e. The molecule has 4 rings (SSSR count). The summed E-state index contributed by atoms with van der Waals surface area (Å²) in [6.07, 6.45) is 4.45. The average molecular weight is 382 g/mol. The number of aryl methyl sites for hydroxylation is 1. The van der Waals surface area contributed by atoms with Gasteiger partial charge in [0.2, 0.25) is 5.91 Å². The molecule has 1 aromatic heterocycles. The summed E-state index contributed by atoms with van der Waals surface area (Å²) in [6, 6.07) is 10.7. The highest BCUT2D eigenvalue weighted by Crippen LogP contribution is 2.23. The molecular formula is C22H31N5O. The van der Waals surface area contributed by atoms with Crippen molar-refractivity contribution in [2.45, 2.75) is 45.6 Å². The Kier molecular flexibility index (Phi) is 5.78. The van der Waals surface area contributed by atoms with Crippen LogP contribution in [0.5, 0.6) is 0 Å². The lowest BCUT2D eigenvalue weighted by Crippen LogP contribution is -2.36. The molecule has 1 unspecified atom stereocenters. The van der Waals surface area contributed by atoms with Crippen LogP contribution in [0.25, 0.3) is 5.69 Å². The molecule has 2 saturated heterocycles. The second kappa shape index (κ2) is 8.45. The van der Waals surface area contributed by atoms with Crippen LogP contribution < -0.4 is 5.32 Å². The zero-order valence-corrected chi connectivity index (χ0v) is 17.0. The van der Waals surface area contributed by atoms with Crippen LogP contribution in [-0.2, 0) is 4.79 Å². The molecule has 0 radical (unpaired) electrons. The maximum atomic E-state index is 12.6. The summed E-state index contributed by atoms with van der Waals surface area (Å²) in [5, 5.41) is 7.71. The lowest BCUT2D eigenvalue weighted by molar-refractivity contribution is -0.116. The number of nitrogens with one attached hydrogen (secondary N) is 1. The first kappa shape index (κ1) is 19.2. The van der Waals surface area contributed by atoms with Crippen molar-refractivity contribution in [3.8, 4) is 5.69 Å². The van der Waals surface area contributed by atoms with Gasteiger partial charge in [0.15, 0.2) is 0 Å². The van der Waals surface area contributed by atoms with Crippen molar-refractivity contribution in [2.24, 2.45) is 0 Å². The highest BCUT2D eigenvalue weighted by atomic mass is 16.1. The number of benzene rings is 1. The van der Waals surface area contributed by atoms with Gasteiger partial charge in [-0.1, -0.05) is 18.2 Å². The molecule has 2 fully saturated rings. The van der Waals surface area contributed by atoms with E-state index in [0.29, 0.717) is 12.5 Å². The maximum Gasteiger partial charge on any atom is 0.225 e. The van der Waals surface area contributed by atoms with Crippen molar-refractivity contribution < 1.29 is 4.79 Å². The number of anilines is 1. The molecule has 0 spiro atoms. The van der Waals surface area contributed by atoms with E-state index in [9.17, 15) is 4.79 Å². The number of hydrogen-bond donors (Lipinski definition) is 1. The Morgan fingerprint density at radius 3 is 2.64 bits per heavy atom. The van der Waals surface area contributed by atoms with Gasteiger partial charge in [-0.05, 0) is 64.9 Å². The number of para-hydroxylation sites is 1. The Bertz CT molecular complexity index is 810. The Morgan fingerprint density at radius 1 is 1.14 bits per heavy atom. The normalized spacial score (nSPS) is 20.7. The van der Waals surface area contributed by atoms with E-state index in [1.54, 1.807) is 0 Å². The highest BCUT2D eigenvalue weighted by Gasteiger charge is 2.29. The minimum absolute atomic E-state index is 0.0726. The lowest BCUT2D eigenvalue weighted by atomic mass is 10.2. The average Bonchev–Trinajstić information content (AvgIpc) is 3.44. The molecule has 6 nitrogen and oxygen atoms in total. The van der Waals surface area contributed by atoms with Crippen molar-refractivity contribution in [2.75, 3.05) is 38.0 Å². The number of amides is 1. The third-order valence-corrected chi connectivity index (χ3v) is 6.12. The molecule has 1 atom stereocenters. The molecule has 0 bridgehead atoms. The molecule has 150 valence electrons. The molecule has 3 heterocycles. The molecular weight excluding hydrogens is 350 g/mol. The molecule has 1 aromatic carbocycles. The fraction of sp³-hybridized carbons (Fsp3) is 0.545. The third kappa shape index (κ3) is 4.13. The van der Waals surface area contributed by atoms with E-state index in [2.05, 4.69) is 20.2 Å². The van der Waals surface area contributed by atoms with E-state index in [0.717, 1.165) is 42.4 Å². The predicted molar refractivity (Wildman–Crippen MR) is 112 cm³/mol. The molecule has 2 aliphatic rings. The van der Waals surface area contributed by atoms with Crippen molar-refractivity contribution in [1.82, 2.24) is 19.6 Å². The van der Waals surface area contributed by atoms with Gasteiger partial charge in [0.05, 0.1) is 22.8 Å². The summed E-state index contributed by atoms with van der Waals surface area (Å²) in [7, 11) is 0. The molecule has 6 heteroatoms. The van der Waals surface area contributed by atoms with E-state index in [4.69, 9.17) is 0 Å². The summed E-state index contributed by atoms with van der Waals surface area (Å²) >= 11 is 0. The lowest BCUT2D eigenvalue weighted by Gasteiger charge is -2.23. The maximum absolute atomic E-state index is 12.6. The number of carbonyl (C=O) groups excluding carboxylic acids is 1. The van der Waals surface area contributed by atoms with E-state index >= 15 is 0 Å². The molecule has 0 saturated carbocycles. The molecule has 2 aromatic rings. The number of aromatic nitrogens is 2. The van der Waals surface area contributed by atoms with Crippen molar-refractivity contribution in [3.63, 3.8) is 0 Å². The van der Waals surface area contributed by atoms with Crippen LogP contribution in [0.4, 0.5) is 5.69 Å². The molecule has 28 heavy (non-hydrogen) atoms. The topological polar surface area (TPSA) is 53.4 Å². The highest BCUT2D eigenvalue weighted by molar-refractivity contribution is 5.92. The Balaban J connectivity index is 1.31. The first-order valence-corrected chi connectivity index (χ1v) is 10.5. The van der Waals surface area contributed by atoms with E-state index in [1.165, 1.54) is 32.4 Å². The first-order chi connectivity index (χ1) is 13.6. The van der Waals surface area contributed by atoms with Gasteiger partial charge in [0, 0.05) is 25.6 Å². The van der Waals surface area contributed by atoms with Gasteiger partial charge >= 0.3 is 0 Å². The smallest absolute Gasteiger partial charge is 0.225 e. The van der Waals surface area contributed by atoms with Crippen LogP contribution in [0.2, 0.25) is 0 Å². The Morgan fingerprint density at radius 2 is 1.89 bits per heavy atom. The number of rotatable bonds is 6.